The summed E-state index contributed by atoms with van der Waals surface area (Å²) in [6, 6.07) is 15.4. The highest BCUT2D eigenvalue weighted by molar-refractivity contribution is 6.04. The molecule has 0 aromatic heterocycles. The quantitative estimate of drug-likeness (QED) is 0.515. The lowest BCUT2D eigenvalue weighted by molar-refractivity contribution is -0.139. The first kappa shape index (κ1) is 25.0. The molecule has 1 atom stereocenters. The second kappa shape index (κ2) is 12.0. The van der Waals surface area contributed by atoms with Gasteiger partial charge in [0.05, 0.1) is 23.9 Å². The molecule has 8 nitrogen and oxygen atoms in total. The minimum absolute atomic E-state index is 0.0804. The van der Waals surface area contributed by atoms with E-state index in [2.05, 4.69) is 10.6 Å². The molecule has 0 aliphatic carbocycles. The zero-order chi connectivity index (χ0) is 24.5. The van der Waals surface area contributed by atoms with E-state index in [1.54, 1.807) is 36.1 Å². The van der Waals surface area contributed by atoms with Crippen LogP contribution in [0.3, 0.4) is 0 Å². The van der Waals surface area contributed by atoms with Gasteiger partial charge in [-0.15, -0.1) is 0 Å². The Labute approximate surface area is 199 Å². The van der Waals surface area contributed by atoms with Gasteiger partial charge < -0.3 is 20.1 Å². The lowest BCUT2D eigenvalue weighted by atomic mass is 9.91. The summed E-state index contributed by atoms with van der Waals surface area (Å²) in [5.41, 5.74) is 2.83. The highest BCUT2D eigenvalue weighted by atomic mass is 16.5. The van der Waals surface area contributed by atoms with Gasteiger partial charge in [-0.25, -0.2) is 9.59 Å². The Bertz CT molecular complexity index is 1050. The minimum atomic E-state index is -0.751. The third kappa shape index (κ3) is 5.82. The fourth-order valence-electron chi connectivity index (χ4n) is 3.89. The van der Waals surface area contributed by atoms with Crippen LogP contribution >= 0.6 is 0 Å². The van der Waals surface area contributed by atoms with Crippen molar-refractivity contribution in [2.45, 2.75) is 32.7 Å². The molecule has 0 saturated carbocycles. The number of rotatable bonds is 10. The summed E-state index contributed by atoms with van der Waals surface area (Å²) >= 11 is 0. The van der Waals surface area contributed by atoms with Crippen LogP contribution in [0.1, 0.15) is 43.9 Å². The highest BCUT2D eigenvalue weighted by Gasteiger charge is 2.38. The number of carbonyl (C=O) groups is 3. The van der Waals surface area contributed by atoms with E-state index in [1.165, 1.54) is 7.11 Å². The van der Waals surface area contributed by atoms with Crippen molar-refractivity contribution < 1.29 is 23.9 Å². The Morgan fingerprint density at radius 1 is 1.09 bits per heavy atom. The molecule has 0 radical (unpaired) electrons. The van der Waals surface area contributed by atoms with Crippen molar-refractivity contribution in [1.29, 1.82) is 0 Å². The fourth-order valence-corrected chi connectivity index (χ4v) is 3.89. The number of esters is 1. The van der Waals surface area contributed by atoms with Crippen molar-refractivity contribution in [3.8, 4) is 0 Å². The topological polar surface area (TPSA) is 97.0 Å². The number of nitrogens with zero attached hydrogens (tertiary/aromatic N) is 1. The smallest absolute Gasteiger partial charge is 0.338 e. The van der Waals surface area contributed by atoms with E-state index in [4.69, 9.17) is 9.47 Å². The molecule has 3 rings (SSSR count). The van der Waals surface area contributed by atoms with Crippen LogP contribution in [-0.2, 0) is 19.1 Å². The highest BCUT2D eigenvalue weighted by Crippen LogP contribution is 2.37. The van der Waals surface area contributed by atoms with Gasteiger partial charge in [0.25, 0.3) is 0 Å². The molecular weight excluding hydrogens is 434 g/mol. The first-order chi connectivity index (χ1) is 16.5. The molecule has 180 valence electrons. The minimum Gasteiger partial charge on any atom is -0.463 e. The third-order valence-corrected chi connectivity index (χ3v) is 5.38. The summed E-state index contributed by atoms with van der Waals surface area (Å²) in [4.78, 5) is 40.2. The maximum atomic E-state index is 13.3. The summed E-state index contributed by atoms with van der Waals surface area (Å²) in [6.07, 6.45) is 1.68. The van der Waals surface area contributed by atoms with E-state index in [-0.39, 0.29) is 25.2 Å². The van der Waals surface area contributed by atoms with Gasteiger partial charge in [-0.05, 0) is 36.6 Å². The largest absolute Gasteiger partial charge is 0.463 e. The maximum absolute atomic E-state index is 13.3. The molecule has 0 bridgehead atoms. The maximum Gasteiger partial charge on any atom is 0.338 e. The first-order valence-corrected chi connectivity index (χ1v) is 11.4. The molecular formula is C26H31N3O5. The number of nitrogens with one attached hydrogen (secondary N) is 2. The van der Waals surface area contributed by atoms with Crippen molar-refractivity contribution in [3.63, 3.8) is 0 Å². The number of anilines is 1. The second-order valence-electron chi connectivity index (χ2n) is 7.84. The van der Waals surface area contributed by atoms with Gasteiger partial charge in [0.2, 0.25) is 5.91 Å². The molecule has 1 unspecified atom stereocenters. The van der Waals surface area contributed by atoms with Crippen LogP contribution in [0.4, 0.5) is 10.5 Å². The molecule has 1 aliphatic heterocycles. The average molecular weight is 466 g/mol. The van der Waals surface area contributed by atoms with Gasteiger partial charge in [-0.2, -0.15) is 0 Å². The summed E-state index contributed by atoms with van der Waals surface area (Å²) in [7, 11) is 1.44. The van der Waals surface area contributed by atoms with Crippen LogP contribution in [-0.4, -0.2) is 49.7 Å². The van der Waals surface area contributed by atoms with Crippen molar-refractivity contribution in [2.75, 3.05) is 32.2 Å². The molecule has 3 amide bonds. The number of methoxy groups -OCH3 is 1. The van der Waals surface area contributed by atoms with Crippen molar-refractivity contribution in [2.24, 2.45) is 0 Å². The third-order valence-electron chi connectivity index (χ3n) is 5.38. The van der Waals surface area contributed by atoms with Crippen LogP contribution < -0.4 is 10.6 Å². The number of benzene rings is 2. The van der Waals surface area contributed by atoms with Gasteiger partial charge in [-0.3, -0.25) is 9.69 Å². The van der Waals surface area contributed by atoms with Crippen molar-refractivity contribution in [3.05, 3.63) is 71.3 Å². The Kier molecular flexibility index (Phi) is 8.81. The van der Waals surface area contributed by atoms with Gasteiger partial charge >= 0.3 is 12.0 Å². The lowest BCUT2D eigenvalue weighted by Gasteiger charge is -2.37. The standard InChI is InChI=1S/C26H31N3O5/c1-4-6-15-29-24(18-11-8-7-9-12-18)22(25(31)34-5-2)23(28-26(29)32)19-13-10-14-20(16-19)27-21(30)17-33-3/h7-14,16,23H,4-6,15,17H2,1-3H3,(H,27,30)(H,28,32). The van der Waals surface area contributed by atoms with E-state index in [0.29, 0.717) is 29.1 Å². The Morgan fingerprint density at radius 2 is 1.85 bits per heavy atom. The number of urea groups is 1. The zero-order valence-corrected chi connectivity index (χ0v) is 19.8. The van der Waals surface area contributed by atoms with E-state index in [0.717, 1.165) is 18.4 Å². The number of amides is 3. The summed E-state index contributed by atoms with van der Waals surface area (Å²) in [5.74, 6) is -0.800. The molecule has 2 N–H and O–H groups in total. The Balaban J connectivity index is 2.15. The van der Waals surface area contributed by atoms with E-state index >= 15 is 0 Å². The van der Waals surface area contributed by atoms with E-state index < -0.39 is 12.0 Å². The normalized spacial score (nSPS) is 15.7. The first-order valence-electron chi connectivity index (χ1n) is 11.4. The molecule has 0 saturated heterocycles. The van der Waals surface area contributed by atoms with Gasteiger partial charge in [0.15, 0.2) is 0 Å². The molecule has 2 aromatic rings. The van der Waals surface area contributed by atoms with Crippen LogP contribution in [0, 0.1) is 0 Å². The Morgan fingerprint density at radius 3 is 2.53 bits per heavy atom. The fraction of sp³-hybridized carbons (Fsp3) is 0.346. The lowest BCUT2D eigenvalue weighted by Crippen LogP contribution is -2.48. The molecule has 1 heterocycles. The summed E-state index contributed by atoms with van der Waals surface area (Å²) < 4.78 is 10.3. The number of unbranched alkanes of at least 4 members (excludes halogenated alkanes) is 1. The van der Waals surface area contributed by atoms with E-state index in [1.807, 2.05) is 37.3 Å². The van der Waals surface area contributed by atoms with Gasteiger partial charge in [-0.1, -0.05) is 55.8 Å². The molecule has 2 aromatic carbocycles. The molecule has 1 aliphatic rings. The predicted octanol–water partition coefficient (Wildman–Crippen LogP) is 4.11. The van der Waals surface area contributed by atoms with Crippen LogP contribution in [0.25, 0.3) is 5.70 Å². The van der Waals surface area contributed by atoms with Crippen LogP contribution in [0.2, 0.25) is 0 Å². The van der Waals surface area contributed by atoms with Crippen LogP contribution in [0.5, 0.6) is 0 Å². The van der Waals surface area contributed by atoms with Crippen LogP contribution in [0.15, 0.2) is 60.2 Å². The number of hydrogen-bond donors (Lipinski definition) is 2. The number of carbonyl (C=O) groups excluding carboxylic acids is 3. The zero-order valence-electron chi connectivity index (χ0n) is 19.8. The van der Waals surface area contributed by atoms with Gasteiger partial charge in [0.1, 0.15) is 6.61 Å². The number of hydrogen-bond acceptors (Lipinski definition) is 5. The molecule has 0 fully saturated rings. The predicted molar refractivity (Wildman–Crippen MR) is 130 cm³/mol. The molecule has 0 spiro atoms. The Hall–Kier alpha value is -3.65. The monoisotopic (exact) mass is 465 g/mol. The average Bonchev–Trinajstić information content (AvgIpc) is 2.83. The summed E-state index contributed by atoms with van der Waals surface area (Å²) in [6.45, 7) is 4.38. The van der Waals surface area contributed by atoms with Crippen molar-refractivity contribution in [1.82, 2.24) is 10.2 Å². The van der Waals surface area contributed by atoms with E-state index in [9.17, 15) is 14.4 Å². The van der Waals surface area contributed by atoms with Crippen molar-refractivity contribution >= 4 is 29.3 Å². The summed E-state index contributed by atoms with van der Waals surface area (Å²) in [5, 5.41) is 5.74. The molecule has 34 heavy (non-hydrogen) atoms. The second-order valence-corrected chi connectivity index (χ2v) is 7.84. The molecule has 8 heteroatoms. The number of ether oxygens (including phenoxy) is 2. The van der Waals surface area contributed by atoms with Gasteiger partial charge in [0, 0.05) is 19.3 Å². The SMILES string of the molecule is CCCCN1C(=O)NC(c2cccc(NC(=O)COC)c2)C(C(=O)OCC)=C1c1ccccc1.